The van der Waals surface area contributed by atoms with Crippen molar-refractivity contribution >= 4 is 5.91 Å². The Balaban J connectivity index is 1.84. The van der Waals surface area contributed by atoms with Crippen molar-refractivity contribution in [2.24, 2.45) is 5.92 Å². The van der Waals surface area contributed by atoms with Gasteiger partial charge in [0, 0.05) is 6.54 Å². The largest absolute Gasteiger partial charge is 0.351 e. The van der Waals surface area contributed by atoms with Crippen LogP contribution in [0.4, 0.5) is 0 Å². The average Bonchev–Trinajstić information content (AvgIpc) is 3.13. The van der Waals surface area contributed by atoms with Crippen LogP contribution in [0.15, 0.2) is 12.1 Å². The second kappa shape index (κ2) is 5.25. The number of aromatic nitrogens is 2. The Bertz CT molecular complexity index is 382. The smallest absolute Gasteiger partial charge is 0.271 e. The molecule has 1 saturated carbocycles. The first-order chi connectivity index (χ1) is 8.16. The van der Waals surface area contributed by atoms with E-state index in [-0.39, 0.29) is 5.91 Å². The highest BCUT2D eigenvalue weighted by Gasteiger charge is 2.20. The third-order valence-corrected chi connectivity index (χ3v) is 3.04. The molecule has 1 aromatic heterocycles. The van der Waals surface area contributed by atoms with Crippen LogP contribution in [0, 0.1) is 5.92 Å². The van der Waals surface area contributed by atoms with Crippen molar-refractivity contribution in [1.29, 1.82) is 0 Å². The monoisotopic (exact) mass is 233 g/mol. The third-order valence-electron chi connectivity index (χ3n) is 3.04. The van der Waals surface area contributed by atoms with Gasteiger partial charge in [-0.3, -0.25) is 4.79 Å². The van der Waals surface area contributed by atoms with E-state index < -0.39 is 0 Å². The lowest BCUT2D eigenvalue weighted by Crippen LogP contribution is -2.26. The van der Waals surface area contributed by atoms with E-state index >= 15 is 0 Å². The van der Waals surface area contributed by atoms with Crippen LogP contribution in [0.1, 0.15) is 55.2 Å². The Kier molecular flexibility index (Phi) is 3.71. The molecule has 4 nitrogen and oxygen atoms in total. The summed E-state index contributed by atoms with van der Waals surface area (Å²) in [6.07, 6.45) is 3.72. The van der Waals surface area contributed by atoms with Gasteiger partial charge in [0.15, 0.2) is 5.69 Å². The number of hydrogen-bond acceptors (Lipinski definition) is 3. The number of amides is 1. The van der Waals surface area contributed by atoms with Gasteiger partial charge in [-0.15, -0.1) is 5.10 Å². The van der Waals surface area contributed by atoms with Gasteiger partial charge in [0.2, 0.25) is 0 Å². The van der Waals surface area contributed by atoms with E-state index in [2.05, 4.69) is 29.4 Å². The summed E-state index contributed by atoms with van der Waals surface area (Å²) in [5.74, 6) is 1.06. The topological polar surface area (TPSA) is 54.9 Å². The highest BCUT2D eigenvalue weighted by molar-refractivity contribution is 5.91. The molecule has 1 heterocycles. The van der Waals surface area contributed by atoms with Gasteiger partial charge in [0.05, 0.1) is 5.69 Å². The van der Waals surface area contributed by atoms with Crippen molar-refractivity contribution in [3.05, 3.63) is 23.5 Å². The number of nitrogens with one attached hydrogen (secondary N) is 1. The van der Waals surface area contributed by atoms with Gasteiger partial charge in [-0.25, -0.2) is 0 Å². The molecule has 0 aliphatic heterocycles. The van der Waals surface area contributed by atoms with Crippen LogP contribution in [0.5, 0.6) is 0 Å². The highest BCUT2D eigenvalue weighted by Crippen LogP contribution is 2.31. The van der Waals surface area contributed by atoms with Crippen molar-refractivity contribution in [3.63, 3.8) is 0 Å². The molecule has 1 aliphatic carbocycles. The molecular weight excluding hydrogens is 214 g/mol. The highest BCUT2D eigenvalue weighted by atomic mass is 16.1. The molecule has 0 bridgehead atoms. The van der Waals surface area contributed by atoms with Crippen molar-refractivity contribution in [2.75, 3.05) is 6.54 Å². The van der Waals surface area contributed by atoms with E-state index in [0.717, 1.165) is 24.6 Å². The summed E-state index contributed by atoms with van der Waals surface area (Å²) in [5, 5.41) is 10.9. The molecule has 2 rings (SSSR count). The minimum atomic E-state index is -0.117. The minimum absolute atomic E-state index is 0.117. The molecule has 1 fully saturated rings. The Morgan fingerprint density at radius 2 is 2.18 bits per heavy atom. The van der Waals surface area contributed by atoms with Gasteiger partial charge < -0.3 is 5.32 Å². The quantitative estimate of drug-likeness (QED) is 0.847. The number of nitrogens with zero attached hydrogens (tertiary/aromatic N) is 2. The van der Waals surface area contributed by atoms with Gasteiger partial charge in [-0.1, -0.05) is 26.7 Å². The normalized spacial score (nSPS) is 15.0. The molecule has 1 aliphatic rings. The van der Waals surface area contributed by atoms with Crippen molar-refractivity contribution in [2.45, 2.75) is 39.0 Å². The fourth-order valence-electron chi connectivity index (χ4n) is 1.66. The zero-order chi connectivity index (χ0) is 12.3. The second-order valence-corrected chi connectivity index (χ2v) is 4.99. The van der Waals surface area contributed by atoms with E-state index in [0.29, 0.717) is 11.6 Å². The van der Waals surface area contributed by atoms with Crippen LogP contribution in [0.25, 0.3) is 0 Å². The van der Waals surface area contributed by atoms with Gasteiger partial charge in [-0.2, -0.15) is 5.10 Å². The van der Waals surface area contributed by atoms with Gasteiger partial charge >= 0.3 is 0 Å². The Morgan fingerprint density at radius 3 is 2.71 bits per heavy atom. The number of rotatable bonds is 5. The fraction of sp³-hybridized carbons (Fsp3) is 0.615. The standard InChI is InChI=1S/C13H19N3O/c1-9(2)11-5-6-12(16-15-11)13(17)14-8-7-10-3-4-10/h5-6,9-10H,3-4,7-8H2,1-2H3,(H,14,17). The van der Waals surface area contributed by atoms with E-state index in [1.165, 1.54) is 12.8 Å². The minimum Gasteiger partial charge on any atom is -0.351 e. The summed E-state index contributed by atoms with van der Waals surface area (Å²) in [7, 11) is 0. The van der Waals surface area contributed by atoms with Gasteiger partial charge in [0.25, 0.3) is 5.91 Å². The van der Waals surface area contributed by atoms with E-state index in [9.17, 15) is 4.79 Å². The summed E-state index contributed by atoms with van der Waals surface area (Å²) >= 11 is 0. The number of hydrogen-bond donors (Lipinski definition) is 1. The maximum absolute atomic E-state index is 11.7. The van der Waals surface area contributed by atoms with E-state index in [1.807, 2.05) is 6.07 Å². The fourth-order valence-corrected chi connectivity index (χ4v) is 1.66. The second-order valence-electron chi connectivity index (χ2n) is 4.99. The van der Waals surface area contributed by atoms with E-state index in [4.69, 9.17) is 0 Å². The lowest BCUT2D eigenvalue weighted by atomic mass is 10.1. The predicted octanol–water partition coefficient (Wildman–Crippen LogP) is 2.13. The molecule has 0 aromatic carbocycles. The van der Waals surface area contributed by atoms with Crippen molar-refractivity contribution in [1.82, 2.24) is 15.5 Å². The van der Waals surface area contributed by atoms with Crippen LogP contribution >= 0.6 is 0 Å². The summed E-state index contributed by atoms with van der Waals surface area (Å²) in [6, 6.07) is 3.61. The number of carbonyl (C=O) groups is 1. The maximum atomic E-state index is 11.7. The van der Waals surface area contributed by atoms with Crippen LogP contribution in [0.2, 0.25) is 0 Å². The van der Waals surface area contributed by atoms with Crippen molar-refractivity contribution in [3.8, 4) is 0 Å². The molecule has 17 heavy (non-hydrogen) atoms. The van der Waals surface area contributed by atoms with Crippen LogP contribution in [-0.4, -0.2) is 22.6 Å². The van der Waals surface area contributed by atoms with Crippen LogP contribution < -0.4 is 5.32 Å². The molecule has 1 N–H and O–H groups in total. The van der Waals surface area contributed by atoms with Crippen molar-refractivity contribution < 1.29 is 4.79 Å². The predicted molar refractivity (Wildman–Crippen MR) is 65.8 cm³/mol. The average molecular weight is 233 g/mol. The number of carbonyl (C=O) groups excluding carboxylic acids is 1. The van der Waals surface area contributed by atoms with Gasteiger partial charge in [0.1, 0.15) is 0 Å². The Labute approximate surface area is 102 Å². The Hall–Kier alpha value is -1.45. The molecule has 0 atom stereocenters. The van der Waals surface area contributed by atoms with E-state index in [1.54, 1.807) is 6.07 Å². The molecule has 92 valence electrons. The summed E-state index contributed by atoms with van der Waals surface area (Å²) < 4.78 is 0. The first-order valence-electron chi connectivity index (χ1n) is 6.28. The Morgan fingerprint density at radius 1 is 1.41 bits per heavy atom. The zero-order valence-corrected chi connectivity index (χ0v) is 10.4. The molecule has 0 saturated heterocycles. The first kappa shape index (κ1) is 12.0. The SMILES string of the molecule is CC(C)c1ccc(C(=O)NCCC2CC2)nn1. The molecule has 1 amide bonds. The molecule has 0 unspecified atom stereocenters. The molecular formula is C13H19N3O. The summed E-state index contributed by atoms with van der Waals surface area (Å²) in [4.78, 5) is 11.7. The third kappa shape index (κ3) is 3.51. The first-order valence-corrected chi connectivity index (χ1v) is 6.28. The molecule has 4 heteroatoms. The summed E-state index contributed by atoms with van der Waals surface area (Å²) in [5.41, 5.74) is 1.32. The zero-order valence-electron chi connectivity index (χ0n) is 10.4. The molecule has 1 aromatic rings. The van der Waals surface area contributed by atoms with Crippen LogP contribution in [-0.2, 0) is 0 Å². The molecule has 0 radical (unpaired) electrons. The maximum Gasteiger partial charge on any atom is 0.271 e. The summed E-state index contributed by atoms with van der Waals surface area (Å²) in [6.45, 7) is 4.86. The molecule has 0 spiro atoms. The lowest BCUT2D eigenvalue weighted by molar-refractivity contribution is 0.0946. The van der Waals surface area contributed by atoms with Gasteiger partial charge in [-0.05, 0) is 30.4 Å². The van der Waals surface area contributed by atoms with Crippen LogP contribution in [0.3, 0.4) is 0 Å². The lowest BCUT2D eigenvalue weighted by Gasteiger charge is -2.05.